The summed E-state index contributed by atoms with van der Waals surface area (Å²) in [7, 11) is 2.12. The van der Waals surface area contributed by atoms with Crippen molar-refractivity contribution < 1.29 is 4.74 Å². The van der Waals surface area contributed by atoms with Gasteiger partial charge in [-0.15, -0.1) is 0 Å². The van der Waals surface area contributed by atoms with Gasteiger partial charge in [-0.05, 0) is 44.0 Å². The molecule has 1 aromatic rings. The first-order chi connectivity index (χ1) is 8.78. The summed E-state index contributed by atoms with van der Waals surface area (Å²) in [6.45, 7) is 2.81. The van der Waals surface area contributed by atoms with Crippen molar-refractivity contribution in [1.29, 1.82) is 5.26 Å². The Kier molecular flexibility index (Phi) is 4.74. The van der Waals surface area contributed by atoms with Crippen molar-refractivity contribution in [3.8, 4) is 6.07 Å². The highest BCUT2D eigenvalue weighted by molar-refractivity contribution is 5.31. The third-order valence-corrected chi connectivity index (χ3v) is 3.32. The van der Waals surface area contributed by atoms with Gasteiger partial charge >= 0.3 is 0 Å². The summed E-state index contributed by atoms with van der Waals surface area (Å²) < 4.78 is 5.74. The molecule has 18 heavy (non-hydrogen) atoms. The average molecular weight is 244 g/mol. The van der Waals surface area contributed by atoms with Gasteiger partial charge in [0.2, 0.25) is 0 Å². The van der Waals surface area contributed by atoms with Crippen LogP contribution in [0.15, 0.2) is 24.3 Å². The molecular weight excluding hydrogens is 224 g/mol. The van der Waals surface area contributed by atoms with Crippen LogP contribution < -0.4 is 0 Å². The molecule has 1 aliphatic heterocycles. The lowest BCUT2D eigenvalue weighted by atomic mass is 10.1. The standard InChI is InChI=1S/C15H20N2O/c1-17(12-15-4-2-3-9-18-15)11-14-7-5-13(10-16)6-8-14/h5-8,15H,2-4,9,11-12H2,1H3. The summed E-state index contributed by atoms with van der Waals surface area (Å²) in [6.07, 6.45) is 4.06. The van der Waals surface area contributed by atoms with Crippen molar-refractivity contribution in [2.24, 2.45) is 0 Å². The molecule has 1 unspecified atom stereocenters. The fraction of sp³-hybridized carbons (Fsp3) is 0.533. The maximum Gasteiger partial charge on any atom is 0.0991 e. The summed E-state index contributed by atoms with van der Waals surface area (Å²) in [6, 6.07) is 9.94. The number of hydrogen-bond acceptors (Lipinski definition) is 3. The van der Waals surface area contributed by atoms with Crippen molar-refractivity contribution in [3.63, 3.8) is 0 Å². The molecule has 3 nitrogen and oxygen atoms in total. The van der Waals surface area contributed by atoms with Gasteiger partial charge in [0.05, 0.1) is 17.7 Å². The molecule has 1 aromatic carbocycles. The van der Waals surface area contributed by atoms with Gasteiger partial charge < -0.3 is 4.74 Å². The summed E-state index contributed by atoms with van der Waals surface area (Å²) in [5, 5.41) is 8.75. The zero-order valence-electron chi connectivity index (χ0n) is 10.9. The first-order valence-corrected chi connectivity index (χ1v) is 6.57. The molecule has 1 atom stereocenters. The second kappa shape index (κ2) is 6.53. The van der Waals surface area contributed by atoms with Crippen LogP contribution in [0.25, 0.3) is 0 Å². The van der Waals surface area contributed by atoms with Gasteiger partial charge in [0.25, 0.3) is 0 Å². The molecule has 0 amide bonds. The van der Waals surface area contributed by atoms with E-state index in [9.17, 15) is 0 Å². The second-order valence-electron chi connectivity index (χ2n) is 4.99. The summed E-state index contributed by atoms with van der Waals surface area (Å²) >= 11 is 0. The normalized spacial score (nSPS) is 19.7. The minimum absolute atomic E-state index is 0.391. The number of benzene rings is 1. The first kappa shape index (κ1) is 13.1. The van der Waals surface area contributed by atoms with Gasteiger partial charge in [0, 0.05) is 19.7 Å². The third-order valence-electron chi connectivity index (χ3n) is 3.32. The molecule has 0 N–H and O–H groups in total. The van der Waals surface area contributed by atoms with E-state index < -0.39 is 0 Å². The van der Waals surface area contributed by atoms with Crippen LogP contribution in [0.1, 0.15) is 30.4 Å². The molecule has 1 fully saturated rings. The molecule has 1 saturated heterocycles. The Labute approximate surface area is 109 Å². The van der Waals surface area contributed by atoms with Crippen LogP contribution in [-0.4, -0.2) is 31.2 Å². The lowest BCUT2D eigenvalue weighted by Gasteiger charge is -2.27. The zero-order valence-corrected chi connectivity index (χ0v) is 10.9. The number of rotatable bonds is 4. The molecular formula is C15H20N2O. The van der Waals surface area contributed by atoms with Crippen LogP contribution in [0.2, 0.25) is 0 Å². The van der Waals surface area contributed by atoms with E-state index >= 15 is 0 Å². The zero-order chi connectivity index (χ0) is 12.8. The van der Waals surface area contributed by atoms with Gasteiger partial charge in [0.15, 0.2) is 0 Å². The van der Waals surface area contributed by atoms with E-state index in [1.165, 1.54) is 24.8 Å². The highest BCUT2D eigenvalue weighted by atomic mass is 16.5. The van der Waals surface area contributed by atoms with Crippen molar-refractivity contribution in [3.05, 3.63) is 35.4 Å². The van der Waals surface area contributed by atoms with Crippen LogP contribution in [-0.2, 0) is 11.3 Å². The lowest BCUT2D eigenvalue weighted by Crippen LogP contribution is -2.33. The van der Waals surface area contributed by atoms with Crippen molar-refractivity contribution >= 4 is 0 Å². The summed E-state index contributed by atoms with van der Waals surface area (Å²) in [5.41, 5.74) is 1.96. The highest BCUT2D eigenvalue weighted by Gasteiger charge is 2.15. The van der Waals surface area contributed by atoms with Crippen LogP contribution in [0.4, 0.5) is 0 Å². The molecule has 2 rings (SSSR count). The molecule has 0 radical (unpaired) electrons. The number of nitrogens with zero attached hydrogens (tertiary/aromatic N) is 2. The smallest absolute Gasteiger partial charge is 0.0991 e. The number of ether oxygens (including phenoxy) is 1. The molecule has 96 valence electrons. The van der Waals surface area contributed by atoms with Crippen molar-refractivity contribution in [2.75, 3.05) is 20.2 Å². The molecule has 1 heterocycles. The largest absolute Gasteiger partial charge is 0.377 e. The number of nitriles is 1. The molecule has 1 aliphatic rings. The maximum absolute atomic E-state index is 8.75. The van der Waals surface area contributed by atoms with Gasteiger partial charge in [-0.1, -0.05) is 12.1 Å². The molecule has 0 bridgehead atoms. The number of hydrogen-bond donors (Lipinski definition) is 0. The van der Waals surface area contributed by atoms with Gasteiger partial charge in [-0.2, -0.15) is 5.26 Å². The second-order valence-corrected chi connectivity index (χ2v) is 4.99. The molecule has 0 saturated carbocycles. The minimum Gasteiger partial charge on any atom is -0.377 e. The van der Waals surface area contributed by atoms with Gasteiger partial charge in [-0.25, -0.2) is 0 Å². The quantitative estimate of drug-likeness (QED) is 0.816. The van der Waals surface area contributed by atoms with E-state index in [0.29, 0.717) is 6.10 Å². The van der Waals surface area contributed by atoms with Gasteiger partial charge in [0.1, 0.15) is 0 Å². The Morgan fingerprint density at radius 1 is 1.33 bits per heavy atom. The van der Waals surface area contributed by atoms with Crippen molar-refractivity contribution in [1.82, 2.24) is 4.90 Å². The molecule has 0 spiro atoms. The topological polar surface area (TPSA) is 36.3 Å². The van der Waals surface area contributed by atoms with Crippen LogP contribution in [0.3, 0.4) is 0 Å². The van der Waals surface area contributed by atoms with Crippen LogP contribution >= 0.6 is 0 Å². The maximum atomic E-state index is 8.75. The molecule has 0 aliphatic carbocycles. The van der Waals surface area contributed by atoms with Gasteiger partial charge in [-0.3, -0.25) is 4.90 Å². The average Bonchev–Trinajstić information content (AvgIpc) is 2.40. The highest BCUT2D eigenvalue weighted by Crippen LogP contribution is 2.14. The van der Waals surface area contributed by atoms with E-state index in [1.54, 1.807) is 0 Å². The Morgan fingerprint density at radius 2 is 2.11 bits per heavy atom. The monoisotopic (exact) mass is 244 g/mol. The van der Waals surface area contributed by atoms with E-state index in [0.717, 1.165) is 25.3 Å². The fourth-order valence-electron chi connectivity index (χ4n) is 2.36. The SMILES string of the molecule is CN(Cc1ccc(C#N)cc1)CC1CCCCO1. The summed E-state index contributed by atoms with van der Waals surface area (Å²) in [5.74, 6) is 0. The predicted octanol–water partition coefficient (Wildman–Crippen LogP) is 2.56. The Hall–Kier alpha value is -1.37. The first-order valence-electron chi connectivity index (χ1n) is 6.57. The molecule has 0 aromatic heterocycles. The van der Waals surface area contributed by atoms with E-state index in [2.05, 4.69) is 18.0 Å². The Balaban J connectivity index is 1.82. The predicted molar refractivity (Wildman–Crippen MR) is 71.1 cm³/mol. The van der Waals surface area contributed by atoms with Crippen LogP contribution in [0, 0.1) is 11.3 Å². The van der Waals surface area contributed by atoms with E-state index in [1.807, 2.05) is 24.3 Å². The van der Waals surface area contributed by atoms with Crippen LogP contribution in [0.5, 0.6) is 0 Å². The lowest BCUT2D eigenvalue weighted by molar-refractivity contribution is -0.00259. The fourth-order valence-corrected chi connectivity index (χ4v) is 2.36. The molecule has 3 heteroatoms. The van der Waals surface area contributed by atoms with Crippen molar-refractivity contribution in [2.45, 2.75) is 31.9 Å². The Bertz CT molecular complexity index is 401. The van der Waals surface area contributed by atoms with E-state index in [-0.39, 0.29) is 0 Å². The Morgan fingerprint density at radius 3 is 2.72 bits per heavy atom. The number of likely N-dealkylation sites (N-methyl/N-ethyl adjacent to an activating group) is 1. The summed E-state index contributed by atoms with van der Waals surface area (Å²) in [4.78, 5) is 2.29. The minimum atomic E-state index is 0.391. The van der Waals surface area contributed by atoms with E-state index in [4.69, 9.17) is 10.00 Å². The third kappa shape index (κ3) is 3.83.